The molecule has 0 aromatic heterocycles. The van der Waals surface area contributed by atoms with Gasteiger partial charge < -0.3 is 4.90 Å². The summed E-state index contributed by atoms with van der Waals surface area (Å²) in [5.74, 6) is 0.977. The van der Waals surface area contributed by atoms with Crippen molar-refractivity contribution < 1.29 is 0 Å². The third-order valence-electron chi connectivity index (χ3n) is 3.91. The molecule has 0 saturated carbocycles. The van der Waals surface area contributed by atoms with Gasteiger partial charge in [-0.3, -0.25) is 0 Å². The van der Waals surface area contributed by atoms with Gasteiger partial charge in [-0.15, -0.1) is 0 Å². The Balaban J connectivity index is 2.83. The van der Waals surface area contributed by atoms with Gasteiger partial charge in [-0.25, -0.2) is 0 Å². The maximum absolute atomic E-state index is 4.65. The molecule has 0 fully saturated rings. The van der Waals surface area contributed by atoms with Crippen molar-refractivity contribution in [2.24, 2.45) is 5.41 Å². The molecular formula is C17H29NS. The van der Waals surface area contributed by atoms with Gasteiger partial charge in [0.15, 0.2) is 0 Å². The van der Waals surface area contributed by atoms with Gasteiger partial charge >= 0.3 is 0 Å². The summed E-state index contributed by atoms with van der Waals surface area (Å²) in [5, 5.41) is 0. The Labute approximate surface area is 124 Å². The molecule has 1 rings (SSSR count). The van der Waals surface area contributed by atoms with E-state index in [1.165, 1.54) is 36.9 Å². The molecule has 2 heteroatoms. The minimum atomic E-state index is 0.352. The van der Waals surface area contributed by atoms with Crippen LogP contribution < -0.4 is 4.90 Å². The standard InChI is InChI=1S/C17H29NS/c1-5-10-17(14-19,11-6-2)13-18(4)16-9-7-8-15(3)12-16/h7-9,12,19H,5-6,10-11,13-14H2,1-4H3. The average Bonchev–Trinajstić information content (AvgIpc) is 2.39. The van der Waals surface area contributed by atoms with Crippen LogP contribution in [0.4, 0.5) is 5.69 Å². The molecule has 0 unspecified atom stereocenters. The van der Waals surface area contributed by atoms with Crippen LogP contribution in [-0.2, 0) is 0 Å². The van der Waals surface area contributed by atoms with Crippen LogP contribution in [0.5, 0.6) is 0 Å². The van der Waals surface area contributed by atoms with Gasteiger partial charge in [0, 0.05) is 19.3 Å². The minimum Gasteiger partial charge on any atom is -0.374 e. The van der Waals surface area contributed by atoms with Crippen LogP contribution in [0.2, 0.25) is 0 Å². The van der Waals surface area contributed by atoms with Gasteiger partial charge in [-0.1, -0.05) is 38.8 Å². The zero-order valence-electron chi connectivity index (χ0n) is 12.9. The van der Waals surface area contributed by atoms with E-state index in [0.717, 1.165) is 12.3 Å². The topological polar surface area (TPSA) is 3.24 Å². The Morgan fingerprint density at radius 1 is 1.16 bits per heavy atom. The first kappa shape index (κ1) is 16.4. The third kappa shape index (κ3) is 4.76. The van der Waals surface area contributed by atoms with Crippen LogP contribution in [0.15, 0.2) is 24.3 Å². The highest BCUT2D eigenvalue weighted by molar-refractivity contribution is 7.80. The Bertz CT molecular complexity index is 369. The van der Waals surface area contributed by atoms with Crippen LogP contribution >= 0.6 is 12.6 Å². The fourth-order valence-electron chi connectivity index (χ4n) is 3.01. The molecule has 0 radical (unpaired) electrons. The summed E-state index contributed by atoms with van der Waals surface area (Å²) in [6.07, 6.45) is 5.01. The van der Waals surface area contributed by atoms with E-state index in [9.17, 15) is 0 Å². The monoisotopic (exact) mass is 279 g/mol. The number of nitrogens with zero attached hydrogens (tertiary/aromatic N) is 1. The second-order valence-corrected chi connectivity index (χ2v) is 6.17. The number of anilines is 1. The van der Waals surface area contributed by atoms with Gasteiger partial charge in [0.25, 0.3) is 0 Å². The van der Waals surface area contributed by atoms with Crippen LogP contribution in [0, 0.1) is 12.3 Å². The number of benzene rings is 1. The molecule has 1 aromatic rings. The van der Waals surface area contributed by atoms with Crippen molar-refractivity contribution in [3.63, 3.8) is 0 Å². The minimum absolute atomic E-state index is 0.352. The summed E-state index contributed by atoms with van der Waals surface area (Å²) >= 11 is 4.65. The predicted octanol–water partition coefficient (Wildman–Crippen LogP) is 4.95. The van der Waals surface area contributed by atoms with Crippen molar-refractivity contribution in [2.45, 2.75) is 46.5 Å². The number of rotatable bonds is 8. The Morgan fingerprint density at radius 3 is 2.26 bits per heavy atom. The first-order valence-electron chi connectivity index (χ1n) is 7.45. The van der Waals surface area contributed by atoms with E-state index in [2.05, 4.69) is 69.6 Å². The molecule has 19 heavy (non-hydrogen) atoms. The molecule has 0 spiro atoms. The average molecular weight is 279 g/mol. The van der Waals surface area contributed by atoms with Crippen LogP contribution in [0.1, 0.15) is 45.1 Å². The maximum Gasteiger partial charge on any atom is 0.0366 e. The van der Waals surface area contributed by atoms with Crippen LogP contribution in [-0.4, -0.2) is 19.3 Å². The lowest BCUT2D eigenvalue weighted by Gasteiger charge is -2.37. The first-order chi connectivity index (χ1) is 9.06. The van der Waals surface area contributed by atoms with E-state index in [1.807, 2.05) is 0 Å². The fraction of sp³-hybridized carbons (Fsp3) is 0.647. The molecule has 108 valence electrons. The van der Waals surface area contributed by atoms with Crippen molar-refractivity contribution in [2.75, 3.05) is 24.2 Å². The van der Waals surface area contributed by atoms with Crippen molar-refractivity contribution in [1.82, 2.24) is 0 Å². The zero-order valence-corrected chi connectivity index (χ0v) is 13.8. The maximum atomic E-state index is 4.65. The van der Waals surface area contributed by atoms with Crippen LogP contribution in [0.3, 0.4) is 0 Å². The lowest BCUT2D eigenvalue weighted by molar-refractivity contribution is 0.282. The lowest BCUT2D eigenvalue weighted by Crippen LogP contribution is -2.37. The van der Waals surface area contributed by atoms with Gasteiger partial charge in [-0.05, 0) is 48.6 Å². The number of hydrogen-bond donors (Lipinski definition) is 1. The van der Waals surface area contributed by atoms with Crippen LogP contribution in [0.25, 0.3) is 0 Å². The highest BCUT2D eigenvalue weighted by Gasteiger charge is 2.28. The van der Waals surface area contributed by atoms with Gasteiger partial charge in [0.1, 0.15) is 0 Å². The summed E-state index contributed by atoms with van der Waals surface area (Å²) in [5.41, 5.74) is 3.00. The Morgan fingerprint density at radius 2 is 1.79 bits per heavy atom. The molecule has 0 N–H and O–H groups in total. The second kappa shape index (κ2) is 7.84. The molecule has 0 atom stereocenters. The molecule has 0 amide bonds. The lowest BCUT2D eigenvalue weighted by atomic mass is 9.80. The molecule has 1 nitrogen and oxygen atoms in total. The molecule has 0 aliphatic rings. The molecule has 0 heterocycles. The number of hydrogen-bond acceptors (Lipinski definition) is 2. The van der Waals surface area contributed by atoms with E-state index in [1.54, 1.807) is 0 Å². The van der Waals surface area contributed by atoms with Gasteiger partial charge in [0.2, 0.25) is 0 Å². The van der Waals surface area contributed by atoms with E-state index in [0.29, 0.717) is 5.41 Å². The summed E-state index contributed by atoms with van der Waals surface area (Å²) in [7, 11) is 2.21. The molecule has 0 aliphatic carbocycles. The summed E-state index contributed by atoms with van der Waals surface area (Å²) in [6.45, 7) is 7.81. The summed E-state index contributed by atoms with van der Waals surface area (Å²) in [6, 6.07) is 8.76. The summed E-state index contributed by atoms with van der Waals surface area (Å²) < 4.78 is 0. The predicted molar refractivity (Wildman–Crippen MR) is 90.6 cm³/mol. The first-order valence-corrected chi connectivity index (χ1v) is 8.09. The van der Waals surface area contributed by atoms with E-state index >= 15 is 0 Å². The van der Waals surface area contributed by atoms with E-state index in [-0.39, 0.29) is 0 Å². The second-order valence-electron chi connectivity index (χ2n) is 5.85. The molecule has 1 aromatic carbocycles. The molecule has 0 saturated heterocycles. The quantitative estimate of drug-likeness (QED) is 0.659. The molecule has 0 bridgehead atoms. The highest BCUT2D eigenvalue weighted by Crippen LogP contribution is 2.33. The molecular weight excluding hydrogens is 250 g/mol. The Kier molecular flexibility index (Phi) is 6.78. The molecule has 0 aliphatic heterocycles. The SMILES string of the molecule is CCCC(CS)(CCC)CN(C)c1cccc(C)c1. The van der Waals surface area contributed by atoms with Crippen molar-refractivity contribution >= 4 is 18.3 Å². The highest BCUT2D eigenvalue weighted by atomic mass is 32.1. The van der Waals surface area contributed by atoms with Crippen molar-refractivity contribution in [3.8, 4) is 0 Å². The normalized spacial score (nSPS) is 11.6. The zero-order chi connectivity index (χ0) is 14.3. The third-order valence-corrected chi connectivity index (χ3v) is 4.58. The smallest absolute Gasteiger partial charge is 0.0366 e. The van der Waals surface area contributed by atoms with Crippen molar-refractivity contribution in [1.29, 1.82) is 0 Å². The van der Waals surface area contributed by atoms with Gasteiger partial charge in [0.05, 0.1) is 0 Å². The van der Waals surface area contributed by atoms with E-state index in [4.69, 9.17) is 0 Å². The van der Waals surface area contributed by atoms with Gasteiger partial charge in [-0.2, -0.15) is 12.6 Å². The largest absolute Gasteiger partial charge is 0.374 e. The summed E-state index contributed by atoms with van der Waals surface area (Å²) in [4.78, 5) is 2.40. The number of aryl methyl sites for hydroxylation is 1. The fourth-order valence-corrected chi connectivity index (χ4v) is 3.43. The Hall–Kier alpha value is -0.630. The van der Waals surface area contributed by atoms with E-state index < -0.39 is 0 Å². The van der Waals surface area contributed by atoms with Crippen molar-refractivity contribution in [3.05, 3.63) is 29.8 Å². The number of thiol groups is 1.